The lowest BCUT2D eigenvalue weighted by Crippen LogP contribution is -2.47. The molecule has 31 heavy (non-hydrogen) atoms. The summed E-state index contributed by atoms with van der Waals surface area (Å²) in [7, 11) is 9.11. The van der Waals surface area contributed by atoms with Gasteiger partial charge in [0.1, 0.15) is 12.2 Å². The minimum atomic E-state index is 0. The van der Waals surface area contributed by atoms with Gasteiger partial charge in [-0.15, -0.1) is 24.0 Å². The standard InChI is InChI=1S/C22H34N6O2.HI/c1-23-21(27(2)14-20-25-16-26-28(20)3)24-15-22(11-7-6-8-12-22)17-9-10-18(29-4)19(13-17)30-5;/h9-10,13,16H,6-8,11-12,14-15H2,1-5H3,(H,23,24);1H. The molecule has 1 aliphatic carbocycles. The van der Waals surface area contributed by atoms with Crippen LogP contribution in [0.2, 0.25) is 0 Å². The van der Waals surface area contributed by atoms with Gasteiger partial charge in [-0.1, -0.05) is 25.3 Å². The summed E-state index contributed by atoms with van der Waals surface area (Å²) in [5.41, 5.74) is 1.33. The molecule has 0 amide bonds. The summed E-state index contributed by atoms with van der Waals surface area (Å²) in [6.45, 7) is 1.46. The molecular formula is C22H35IN6O2. The number of guanidine groups is 1. The van der Waals surface area contributed by atoms with Gasteiger partial charge in [0, 0.05) is 33.1 Å². The van der Waals surface area contributed by atoms with Crippen LogP contribution < -0.4 is 14.8 Å². The minimum absolute atomic E-state index is 0. The lowest BCUT2D eigenvalue weighted by atomic mass is 9.69. The maximum Gasteiger partial charge on any atom is 0.193 e. The van der Waals surface area contributed by atoms with E-state index in [9.17, 15) is 0 Å². The summed E-state index contributed by atoms with van der Waals surface area (Å²) in [6.07, 6.45) is 7.59. The molecule has 0 atom stereocenters. The van der Waals surface area contributed by atoms with Gasteiger partial charge < -0.3 is 19.7 Å². The van der Waals surface area contributed by atoms with Crippen LogP contribution in [0, 0.1) is 0 Å². The third-order valence-electron chi connectivity index (χ3n) is 6.15. The first-order valence-electron chi connectivity index (χ1n) is 10.5. The number of aliphatic imine (C=N–C) groups is 1. The summed E-state index contributed by atoms with van der Waals surface area (Å²) < 4.78 is 12.8. The van der Waals surface area contributed by atoms with Crippen molar-refractivity contribution >= 4 is 29.9 Å². The monoisotopic (exact) mass is 542 g/mol. The van der Waals surface area contributed by atoms with Crippen molar-refractivity contribution in [2.24, 2.45) is 12.0 Å². The van der Waals surface area contributed by atoms with Crippen LogP contribution in [0.15, 0.2) is 29.5 Å². The Morgan fingerprint density at radius 1 is 1.19 bits per heavy atom. The number of aryl methyl sites for hydroxylation is 1. The Kier molecular flexibility index (Phi) is 9.39. The minimum Gasteiger partial charge on any atom is -0.493 e. The first kappa shape index (κ1) is 25.2. The molecule has 1 aromatic heterocycles. The molecule has 172 valence electrons. The number of nitrogens with zero attached hydrogens (tertiary/aromatic N) is 5. The van der Waals surface area contributed by atoms with Crippen molar-refractivity contribution in [3.05, 3.63) is 35.9 Å². The number of aromatic nitrogens is 3. The lowest BCUT2D eigenvalue weighted by Gasteiger charge is -2.39. The average Bonchev–Trinajstić information content (AvgIpc) is 3.18. The third kappa shape index (κ3) is 5.81. The van der Waals surface area contributed by atoms with Gasteiger partial charge in [-0.3, -0.25) is 9.67 Å². The largest absolute Gasteiger partial charge is 0.493 e. The van der Waals surface area contributed by atoms with Crippen molar-refractivity contribution in [1.82, 2.24) is 25.0 Å². The zero-order chi connectivity index (χ0) is 21.6. The van der Waals surface area contributed by atoms with Gasteiger partial charge in [-0.05, 0) is 30.5 Å². The van der Waals surface area contributed by atoms with Crippen LogP contribution >= 0.6 is 24.0 Å². The number of halogens is 1. The number of rotatable bonds is 7. The molecule has 3 rings (SSSR count). The molecule has 0 radical (unpaired) electrons. The van der Waals surface area contributed by atoms with Gasteiger partial charge in [-0.25, -0.2) is 4.98 Å². The van der Waals surface area contributed by atoms with Crippen LogP contribution in [-0.2, 0) is 19.0 Å². The van der Waals surface area contributed by atoms with Crippen molar-refractivity contribution in [2.75, 3.05) is 34.9 Å². The van der Waals surface area contributed by atoms with Crippen LogP contribution in [0.3, 0.4) is 0 Å². The Labute approximate surface area is 202 Å². The number of ether oxygens (including phenoxy) is 2. The molecule has 1 aliphatic rings. The highest BCUT2D eigenvalue weighted by Crippen LogP contribution is 2.42. The Bertz CT molecular complexity index is 863. The Morgan fingerprint density at radius 2 is 1.90 bits per heavy atom. The molecule has 1 fully saturated rings. The van der Waals surface area contributed by atoms with Crippen LogP contribution in [0.25, 0.3) is 0 Å². The van der Waals surface area contributed by atoms with Gasteiger partial charge in [0.25, 0.3) is 0 Å². The van der Waals surface area contributed by atoms with E-state index in [0.29, 0.717) is 6.54 Å². The first-order chi connectivity index (χ1) is 14.5. The lowest BCUT2D eigenvalue weighted by molar-refractivity contribution is 0.285. The van der Waals surface area contributed by atoms with Gasteiger partial charge in [0.15, 0.2) is 17.5 Å². The van der Waals surface area contributed by atoms with E-state index in [1.54, 1.807) is 25.2 Å². The van der Waals surface area contributed by atoms with E-state index in [1.807, 2.05) is 27.2 Å². The molecule has 0 unspecified atom stereocenters. The van der Waals surface area contributed by atoms with Crippen molar-refractivity contribution in [2.45, 2.75) is 44.1 Å². The van der Waals surface area contributed by atoms with Crippen LogP contribution in [-0.4, -0.2) is 60.5 Å². The summed E-state index contributed by atoms with van der Waals surface area (Å²) in [5.74, 6) is 3.29. The van der Waals surface area contributed by atoms with E-state index >= 15 is 0 Å². The van der Waals surface area contributed by atoms with E-state index < -0.39 is 0 Å². The number of hydrogen-bond acceptors (Lipinski definition) is 5. The second kappa shape index (κ2) is 11.5. The highest BCUT2D eigenvalue weighted by molar-refractivity contribution is 14.0. The van der Waals surface area contributed by atoms with E-state index in [0.717, 1.165) is 42.7 Å². The number of benzene rings is 1. The van der Waals surface area contributed by atoms with E-state index in [-0.39, 0.29) is 29.4 Å². The van der Waals surface area contributed by atoms with Gasteiger partial charge in [0.2, 0.25) is 0 Å². The molecule has 1 aromatic carbocycles. The van der Waals surface area contributed by atoms with Crippen molar-refractivity contribution in [1.29, 1.82) is 0 Å². The second-order valence-corrected chi connectivity index (χ2v) is 7.97. The normalized spacial score (nSPS) is 15.7. The van der Waals surface area contributed by atoms with Gasteiger partial charge >= 0.3 is 0 Å². The molecule has 0 aliphatic heterocycles. The zero-order valence-corrected chi connectivity index (χ0v) is 21.6. The van der Waals surface area contributed by atoms with Crippen LogP contribution in [0.1, 0.15) is 43.5 Å². The van der Waals surface area contributed by atoms with E-state index in [1.165, 1.54) is 24.8 Å². The Morgan fingerprint density at radius 3 is 2.48 bits per heavy atom. The second-order valence-electron chi connectivity index (χ2n) is 7.97. The number of methoxy groups -OCH3 is 2. The maximum absolute atomic E-state index is 5.58. The van der Waals surface area contributed by atoms with Crippen molar-refractivity contribution in [3.63, 3.8) is 0 Å². The fraction of sp³-hybridized carbons (Fsp3) is 0.591. The SMILES string of the molecule is CN=C(NCC1(c2ccc(OC)c(OC)c2)CCCCC1)N(C)Cc1ncnn1C.I. The highest BCUT2D eigenvalue weighted by atomic mass is 127. The number of hydrogen-bond donors (Lipinski definition) is 1. The molecular weight excluding hydrogens is 507 g/mol. The molecule has 2 aromatic rings. The van der Waals surface area contributed by atoms with E-state index in [4.69, 9.17) is 9.47 Å². The summed E-state index contributed by atoms with van der Waals surface area (Å²) in [4.78, 5) is 10.9. The summed E-state index contributed by atoms with van der Waals surface area (Å²) >= 11 is 0. The topological polar surface area (TPSA) is 76.8 Å². The van der Waals surface area contributed by atoms with Crippen LogP contribution in [0.4, 0.5) is 0 Å². The fourth-order valence-electron chi connectivity index (χ4n) is 4.35. The van der Waals surface area contributed by atoms with Gasteiger partial charge in [-0.2, -0.15) is 5.10 Å². The van der Waals surface area contributed by atoms with Crippen molar-refractivity contribution < 1.29 is 9.47 Å². The summed E-state index contributed by atoms with van der Waals surface area (Å²) in [5, 5.41) is 7.77. The molecule has 8 nitrogen and oxygen atoms in total. The Hall–Kier alpha value is -2.04. The predicted octanol–water partition coefficient (Wildman–Crippen LogP) is 3.36. The highest BCUT2D eigenvalue weighted by Gasteiger charge is 2.35. The van der Waals surface area contributed by atoms with E-state index in [2.05, 4.69) is 37.4 Å². The molecule has 1 N–H and O–H groups in total. The quantitative estimate of drug-likeness (QED) is 0.329. The molecule has 1 saturated carbocycles. The average molecular weight is 542 g/mol. The first-order valence-corrected chi connectivity index (χ1v) is 10.5. The van der Waals surface area contributed by atoms with Crippen molar-refractivity contribution in [3.8, 4) is 11.5 Å². The van der Waals surface area contributed by atoms with Crippen LogP contribution in [0.5, 0.6) is 11.5 Å². The predicted molar refractivity (Wildman–Crippen MR) is 134 cm³/mol. The molecule has 0 saturated heterocycles. The maximum atomic E-state index is 5.58. The van der Waals surface area contributed by atoms with Gasteiger partial charge in [0.05, 0.1) is 20.8 Å². The molecule has 1 heterocycles. The summed E-state index contributed by atoms with van der Waals surface area (Å²) in [6, 6.07) is 6.33. The number of nitrogens with one attached hydrogen (secondary N) is 1. The fourth-order valence-corrected chi connectivity index (χ4v) is 4.35. The smallest absolute Gasteiger partial charge is 0.193 e. The molecule has 0 spiro atoms. The molecule has 9 heteroatoms. The third-order valence-corrected chi connectivity index (χ3v) is 6.15. The molecule has 0 bridgehead atoms. The Balaban J connectivity index is 0.00000341. The zero-order valence-electron chi connectivity index (χ0n) is 19.2.